The van der Waals surface area contributed by atoms with Gasteiger partial charge in [0.05, 0.1) is 13.0 Å². The Balaban J connectivity index is 1.55. The number of rotatable bonds is 3. The standard InChI is InChI=1S/C23H26N2O3/c1-16(26)25-13-11-23(12-14-25)15-20(19-5-3-4-6-21(19)23)22(27)24-17-7-9-18(28-2)10-8-17/h3-10,20H,11-15H2,1-2H3,(H,24,27). The van der Waals surface area contributed by atoms with Crippen molar-refractivity contribution in [2.75, 3.05) is 25.5 Å². The summed E-state index contributed by atoms with van der Waals surface area (Å²) >= 11 is 0. The monoisotopic (exact) mass is 378 g/mol. The molecule has 2 aromatic rings. The number of hydrogen-bond donors (Lipinski definition) is 1. The fourth-order valence-corrected chi connectivity index (χ4v) is 4.76. The predicted molar refractivity (Wildman–Crippen MR) is 109 cm³/mol. The summed E-state index contributed by atoms with van der Waals surface area (Å²) in [4.78, 5) is 26.8. The van der Waals surface area contributed by atoms with E-state index in [2.05, 4.69) is 23.5 Å². The number of hydrogen-bond acceptors (Lipinski definition) is 3. The first-order valence-corrected chi connectivity index (χ1v) is 9.82. The van der Waals surface area contributed by atoms with E-state index in [1.807, 2.05) is 35.2 Å². The molecule has 1 N–H and O–H groups in total. The van der Waals surface area contributed by atoms with Crippen LogP contribution in [0.3, 0.4) is 0 Å². The molecular formula is C23H26N2O3. The Labute approximate surface area is 165 Å². The number of amides is 2. The fourth-order valence-electron chi connectivity index (χ4n) is 4.76. The third-order valence-corrected chi connectivity index (χ3v) is 6.34. The van der Waals surface area contributed by atoms with Gasteiger partial charge in [0.2, 0.25) is 11.8 Å². The molecule has 0 radical (unpaired) electrons. The average molecular weight is 378 g/mol. The van der Waals surface area contributed by atoms with Gasteiger partial charge in [-0.2, -0.15) is 0 Å². The lowest BCUT2D eigenvalue weighted by Crippen LogP contribution is -2.43. The van der Waals surface area contributed by atoms with Crippen LogP contribution in [0.2, 0.25) is 0 Å². The van der Waals surface area contributed by atoms with Crippen molar-refractivity contribution in [3.8, 4) is 5.75 Å². The van der Waals surface area contributed by atoms with E-state index in [0.717, 1.165) is 49.4 Å². The van der Waals surface area contributed by atoms with Crippen LogP contribution in [0.25, 0.3) is 0 Å². The van der Waals surface area contributed by atoms with E-state index in [1.54, 1.807) is 14.0 Å². The summed E-state index contributed by atoms with van der Waals surface area (Å²) in [5, 5.41) is 3.07. The van der Waals surface area contributed by atoms with Crippen LogP contribution in [0.1, 0.15) is 43.2 Å². The molecule has 4 rings (SSSR count). The summed E-state index contributed by atoms with van der Waals surface area (Å²) < 4.78 is 5.18. The molecule has 28 heavy (non-hydrogen) atoms. The van der Waals surface area contributed by atoms with E-state index < -0.39 is 0 Å². The van der Waals surface area contributed by atoms with Crippen LogP contribution in [0.4, 0.5) is 5.69 Å². The van der Waals surface area contributed by atoms with Gasteiger partial charge in [-0.3, -0.25) is 9.59 Å². The number of likely N-dealkylation sites (tertiary alicyclic amines) is 1. The lowest BCUT2D eigenvalue weighted by Gasteiger charge is -2.40. The Kier molecular flexibility index (Phi) is 4.84. The first-order chi connectivity index (χ1) is 13.5. The maximum absolute atomic E-state index is 13.1. The van der Waals surface area contributed by atoms with Crippen molar-refractivity contribution >= 4 is 17.5 Å². The highest BCUT2D eigenvalue weighted by Gasteiger charge is 2.47. The zero-order valence-corrected chi connectivity index (χ0v) is 16.4. The van der Waals surface area contributed by atoms with Gasteiger partial charge in [-0.1, -0.05) is 24.3 Å². The maximum atomic E-state index is 13.1. The lowest BCUT2D eigenvalue weighted by atomic mass is 9.73. The molecule has 1 aliphatic carbocycles. The van der Waals surface area contributed by atoms with Gasteiger partial charge in [-0.25, -0.2) is 0 Å². The summed E-state index contributed by atoms with van der Waals surface area (Å²) in [5.41, 5.74) is 3.18. The van der Waals surface area contributed by atoms with Crippen molar-refractivity contribution in [3.63, 3.8) is 0 Å². The first-order valence-electron chi connectivity index (χ1n) is 9.82. The molecule has 1 fully saturated rings. The van der Waals surface area contributed by atoms with Crippen molar-refractivity contribution in [2.45, 2.75) is 37.5 Å². The number of piperidine rings is 1. The fraction of sp³-hybridized carbons (Fsp3) is 0.391. The Morgan fingerprint density at radius 1 is 1.07 bits per heavy atom. The van der Waals surface area contributed by atoms with E-state index in [-0.39, 0.29) is 23.1 Å². The predicted octanol–water partition coefficient (Wildman–Crippen LogP) is 3.70. The number of nitrogens with zero attached hydrogens (tertiary/aromatic N) is 1. The molecule has 1 atom stereocenters. The van der Waals surface area contributed by atoms with Crippen LogP contribution < -0.4 is 10.1 Å². The average Bonchev–Trinajstić information content (AvgIpc) is 3.03. The molecule has 1 saturated heterocycles. The van der Waals surface area contributed by atoms with Gasteiger partial charge in [0.15, 0.2) is 0 Å². The van der Waals surface area contributed by atoms with E-state index in [9.17, 15) is 9.59 Å². The minimum Gasteiger partial charge on any atom is -0.497 e. The third kappa shape index (κ3) is 3.26. The number of carbonyl (C=O) groups is 2. The Hall–Kier alpha value is -2.82. The van der Waals surface area contributed by atoms with Gasteiger partial charge in [0.25, 0.3) is 0 Å². The van der Waals surface area contributed by atoms with Gasteiger partial charge < -0.3 is 15.0 Å². The molecule has 1 unspecified atom stereocenters. The summed E-state index contributed by atoms with van der Waals surface area (Å²) in [7, 11) is 1.62. The molecule has 0 bridgehead atoms. The Morgan fingerprint density at radius 2 is 1.75 bits per heavy atom. The SMILES string of the molecule is COc1ccc(NC(=O)C2CC3(CCN(C(C)=O)CC3)c3ccccc32)cc1. The second-order valence-electron chi connectivity index (χ2n) is 7.85. The molecule has 0 saturated carbocycles. The number of ether oxygens (including phenoxy) is 1. The number of fused-ring (bicyclic) bond motifs is 2. The number of nitrogens with one attached hydrogen (secondary N) is 1. The van der Waals surface area contributed by atoms with Crippen LogP contribution in [-0.4, -0.2) is 36.9 Å². The number of methoxy groups -OCH3 is 1. The van der Waals surface area contributed by atoms with Crippen LogP contribution in [0.5, 0.6) is 5.75 Å². The molecule has 146 valence electrons. The van der Waals surface area contributed by atoms with Crippen LogP contribution in [0, 0.1) is 0 Å². The van der Waals surface area contributed by atoms with Crippen LogP contribution in [-0.2, 0) is 15.0 Å². The largest absolute Gasteiger partial charge is 0.497 e. The quantitative estimate of drug-likeness (QED) is 0.886. The molecule has 5 nitrogen and oxygen atoms in total. The second-order valence-corrected chi connectivity index (χ2v) is 7.85. The molecule has 2 amide bonds. The van der Waals surface area contributed by atoms with Gasteiger partial charge >= 0.3 is 0 Å². The van der Waals surface area contributed by atoms with Crippen molar-refractivity contribution in [2.24, 2.45) is 0 Å². The lowest BCUT2D eigenvalue weighted by molar-refractivity contribution is -0.130. The summed E-state index contributed by atoms with van der Waals surface area (Å²) in [6.07, 6.45) is 2.63. The second kappa shape index (κ2) is 7.30. The maximum Gasteiger partial charge on any atom is 0.231 e. The van der Waals surface area contributed by atoms with Crippen molar-refractivity contribution in [1.82, 2.24) is 4.90 Å². The van der Waals surface area contributed by atoms with Crippen molar-refractivity contribution in [1.29, 1.82) is 0 Å². The van der Waals surface area contributed by atoms with Crippen molar-refractivity contribution in [3.05, 3.63) is 59.7 Å². The Morgan fingerprint density at radius 3 is 2.39 bits per heavy atom. The minimum absolute atomic E-state index is 0.00947. The molecule has 0 aromatic heterocycles. The topological polar surface area (TPSA) is 58.6 Å². The molecule has 1 spiro atoms. The molecule has 1 heterocycles. The van der Waals surface area contributed by atoms with Gasteiger partial charge in [-0.15, -0.1) is 0 Å². The summed E-state index contributed by atoms with van der Waals surface area (Å²) in [6.45, 7) is 3.15. The molecule has 1 aliphatic heterocycles. The van der Waals surface area contributed by atoms with Gasteiger partial charge in [-0.05, 0) is 54.7 Å². The molecule has 2 aliphatic rings. The summed E-state index contributed by atoms with van der Waals surface area (Å²) in [6, 6.07) is 15.7. The normalized spacial score (nSPS) is 19.9. The number of anilines is 1. The Bertz CT molecular complexity index is 883. The highest BCUT2D eigenvalue weighted by atomic mass is 16.5. The van der Waals surface area contributed by atoms with Crippen LogP contribution in [0.15, 0.2) is 48.5 Å². The molecule has 2 aromatic carbocycles. The first kappa shape index (κ1) is 18.5. The number of carbonyl (C=O) groups excluding carboxylic acids is 2. The van der Waals surface area contributed by atoms with Crippen LogP contribution >= 0.6 is 0 Å². The van der Waals surface area contributed by atoms with E-state index in [0.29, 0.717) is 0 Å². The highest BCUT2D eigenvalue weighted by Crippen LogP contribution is 2.51. The smallest absolute Gasteiger partial charge is 0.231 e. The number of benzene rings is 2. The van der Waals surface area contributed by atoms with E-state index >= 15 is 0 Å². The van der Waals surface area contributed by atoms with E-state index in [4.69, 9.17) is 4.74 Å². The minimum atomic E-state index is -0.165. The van der Waals surface area contributed by atoms with Gasteiger partial charge in [0.1, 0.15) is 5.75 Å². The third-order valence-electron chi connectivity index (χ3n) is 6.34. The zero-order chi connectivity index (χ0) is 19.7. The summed E-state index contributed by atoms with van der Waals surface area (Å²) in [5.74, 6) is 0.765. The highest BCUT2D eigenvalue weighted by molar-refractivity contribution is 5.97. The zero-order valence-electron chi connectivity index (χ0n) is 16.4. The van der Waals surface area contributed by atoms with E-state index in [1.165, 1.54) is 5.56 Å². The van der Waals surface area contributed by atoms with Crippen molar-refractivity contribution < 1.29 is 14.3 Å². The van der Waals surface area contributed by atoms with Gasteiger partial charge in [0, 0.05) is 31.1 Å². The molecular weight excluding hydrogens is 352 g/mol. The molecule has 5 heteroatoms.